The first-order valence-corrected chi connectivity index (χ1v) is 17.0. The molecular formula is C41H47N5O2. The lowest BCUT2D eigenvalue weighted by Gasteiger charge is -2.51. The van der Waals surface area contributed by atoms with Crippen molar-refractivity contribution in [2.24, 2.45) is 5.92 Å². The number of pyridine rings is 1. The van der Waals surface area contributed by atoms with Crippen LogP contribution < -0.4 is 5.32 Å². The molecule has 0 bridgehead atoms. The Morgan fingerprint density at radius 3 is 2.35 bits per heavy atom. The standard InChI is InChI=1S/C41H47N5O2/c1-10-45-28(7)36(30-13-11-12-14-34(30)45)38-37(39(47)43-40(38)48)32-22-46(35-20-25(4)24(3)19-31(32)35)33-17-18-44(41(8,9)26(33)5)21-29-16-15-23(2)27(6)42-29/h11-16,19-20,22,26,33H,10,17-18,21H2,1-9H3,(H,43,47,48)/i10D2. The number of nitrogens with zero attached hydrogens (tertiary/aromatic N) is 4. The second-order valence-corrected chi connectivity index (χ2v) is 14.4. The van der Waals surface area contributed by atoms with Gasteiger partial charge in [-0.3, -0.25) is 24.8 Å². The maximum Gasteiger partial charge on any atom is 0.259 e. The molecule has 248 valence electrons. The SMILES string of the molecule is [2H]C([2H])(C)n1c(C)c(C2=C(c3cn(C4CCN(Cc5ccc(C)c(C)n5)C(C)(C)C4C)c4cc(C)c(C)cc34)C(=O)NC2=O)c2ccccc21. The van der Waals surface area contributed by atoms with E-state index in [0.29, 0.717) is 27.9 Å². The minimum absolute atomic E-state index is 0.146. The smallest absolute Gasteiger partial charge is 0.259 e. The number of fused-ring (bicyclic) bond motifs is 2. The van der Waals surface area contributed by atoms with Crippen LogP contribution in [0.5, 0.6) is 0 Å². The fourth-order valence-corrected chi connectivity index (χ4v) is 8.12. The first-order valence-electron chi connectivity index (χ1n) is 18.0. The number of aromatic nitrogens is 3. The molecule has 5 heterocycles. The molecule has 3 aromatic heterocycles. The molecule has 2 atom stereocenters. The van der Waals surface area contributed by atoms with Gasteiger partial charge >= 0.3 is 0 Å². The number of benzene rings is 2. The first-order chi connectivity index (χ1) is 23.5. The second kappa shape index (κ2) is 11.6. The molecule has 1 fully saturated rings. The van der Waals surface area contributed by atoms with Crippen LogP contribution in [0.3, 0.4) is 0 Å². The van der Waals surface area contributed by atoms with Crippen LogP contribution in [0.1, 0.15) is 87.8 Å². The number of rotatable bonds is 6. The van der Waals surface area contributed by atoms with Crippen molar-refractivity contribution in [1.29, 1.82) is 0 Å². The lowest BCUT2D eigenvalue weighted by Crippen LogP contribution is -2.55. The van der Waals surface area contributed by atoms with Crippen LogP contribution in [0.15, 0.2) is 54.7 Å². The van der Waals surface area contributed by atoms with Crippen molar-refractivity contribution in [2.45, 2.75) is 93.4 Å². The molecule has 0 aliphatic carbocycles. The van der Waals surface area contributed by atoms with Crippen LogP contribution in [0.2, 0.25) is 0 Å². The molecule has 1 saturated heterocycles. The van der Waals surface area contributed by atoms with Crippen LogP contribution in [0.4, 0.5) is 0 Å². The van der Waals surface area contributed by atoms with Crippen molar-refractivity contribution in [1.82, 2.24) is 24.3 Å². The normalized spacial score (nSPS) is 20.9. The van der Waals surface area contributed by atoms with Crippen molar-refractivity contribution in [3.8, 4) is 0 Å². The van der Waals surface area contributed by atoms with Gasteiger partial charge in [-0.1, -0.05) is 31.2 Å². The number of carbonyl (C=O) groups is 2. The van der Waals surface area contributed by atoms with Crippen molar-refractivity contribution in [3.05, 3.63) is 99.6 Å². The topological polar surface area (TPSA) is 72.2 Å². The quantitative estimate of drug-likeness (QED) is 0.191. The summed E-state index contributed by atoms with van der Waals surface area (Å²) in [7, 11) is 0. The minimum atomic E-state index is -1.72. The van der Waals surface area contributed by atoms with E-state index in [4.69, 9.17) is 7.73 Å². The summed E-state index contributed by atoms with van der Waals surface area (Å²) >= 11 is 0. The molecule has 0 radical (unpaired) electrons. The molecule has 2 aliphatic heterocycles. The van der Waals surface area contributed by atoms with Gasteiger partial charge in [0.15, 0.2) is 0 Å². The number of aryl methyl sites for hydroxylation is 5. The number of carbonyl (C=O) groups excluding carboxylic acids is 2. The Bertz CT molecular complexity index is 2270. The summed E-state index contributed by atoms with van der Waals surface area (Å²) < 4.78 is 21.3. The average Bonchev–Trinajstić information content (AvgIpc) is 3.64. The van der Waals surface area contributed by atoms with E-state index < -0.39 is 18.3 Å². The summed E-state index contributed by atoms with van der Waals surface area (Å²) in [5.74, 6) is -0.644. The van der Waals surface area contributed by atoms with Crippen molar-refractivity contribution in [2.75, 3.05) is 6.54 Å². The molecule has 7 nitrogen and oxygen atoms in total. The molecule has 1 N–H and O–H groups in total. The van der Waals surface area contributed by atoms with Gasteiger partial charge < -0.3 is 9.13 Å². The van der Waals surface area contributed by atoms with Crippen LogP contribution >= 0.6 is 0 Å². The van der Waals surface area contributed by atoms with Gasteiger partial charge in [0.05, 0.1) is 16.8 Å². The van der Waals surface area contributed by atoms with Gasteiger partial charge in [0.1, 0.15) is 0 Å². The summed E-state index contributed by atoms with van der Waals surface area (Å²) in [4.78, 5) is 35.2. The van der Waals surface area contributed by atoms with E-state index in [0.717, 1.165) is 58.3 Å². The zero-order chi connectivity index (χ0) is 36.0. The zero-order valence-electron chi connectivity index (χ0n) is 31.6. The highest BCUT2D eigenvalue weighted by molar-refractivity contribution is 6.51. The Morgan fingerprint density at radius 1 is 0.917 bits per heavy atom. The summed E-state index contributed by atoms with van der Waals surface area (Å²) in [6.07, 6.45) is 3.02. The third-order valence-corrected chi connectivity index (χ3v) is 11.6. The van der Waals surface area contributed by atoms with Crippen molar-refractivity contribution in [3.63, 3.8) is 0 Å². The monoisotopic (exact) mass is 643 g/mol. The molecule has 0 saturated carbocycles. The first kappa shape index (κ1) is 29.6. The second-order valence-electron chi connectivity index (χ2n) is 14.4. The highest BCUT2D eigenvalue weighted by atomic mass is 16.2. The van der Waals surface area contributed by atoms with Crippen LogP contribution in [-0.2, 0) is 22.6 Å². The molecule has 5 aromatic rings. The van der Waals surface area contributed by atoms with Crippen LogP contribution in [0.25, 0.3) is 33.0 Å². The number of hydrogen-bond donors (Lipinski definition) is 1. The molecule has 7 heteroatoms. The van der Waals surface area contributed by atoms with Crippen LogP contribution in [-0.4, -0.2) is 42.9 Å². The number of para-hydroxylation sites is 1. The Kier molecular flexibility index (Phi) is 7.15. The van der Waals surface area contributed by atoms with Crippen molar-refractivity contribution < 1.29 is 12.3 Å². The van der Waals surface area contributed by atoms with E-state index in [9.17, 15) is 9.59 Å². The molecule has 2 aliphatic rings. The number of likely N-dealkylation sites (tertiary alicyclic amines) is 1. The van der Waals surface area contributed by atoms with Crippen LogP contribution in [0, 0.1) is 40.5 Å². The summed E-state index contributed by atoms with van der Waals surface area (Å²) in [6.45, 7) is 18.6. The molecule has 2 amide bonds. The number of hydrogen-bond acceptors (Lipinski definition) is 4. The lowest BCUT2D eigenvalue weighted by molar-refractivity contribution is -0.122. The van der Waals surface area contributed by atoms with E-state index in [1.807, 2.05) is 31.2 Å². The minimum Gasteiger partial charge on any atom is -0.345 e. The zero-order valence-corrected chi connectivity index (χ0v) is 29.6. The Morgan fingerprint density at radius 2 is 1.62 bits per heavy atom. The third-order valence-electron chi connectivity index (χ3n) is 11.6. The number of imide groups is 1. The molecule has 7 rings (SSSR count). The highest BCUT2D eigenvalue weighted by Crippen LogP contribution is 2.46. The number of piperidine rings is 1. The number of amides is 2. The maximum atomic E-state index is 13.9. The largest absolute Gasteiger partial charge is 0.345 e. The maximum absolute atomic E-state index is 13.9. The third kappa shape index (κ3) is 4.85. The molecule has 2 unspecified atom stereocenters. The van der Waals surface area contributed by atoms with E-state index in [2.05, 4.69) is 93.7 Å². The molecule has 0 spiro atoms. The fourth-order valence-electron chi connectivity index (χ4n) is 8.12. The summed E-state index contributed by atoms with van der Waals surface area (Å²) in [5.41, 5.74) is 9.76. The van der Waals surface area contributed by atoms with Gasteiger partial charge in [-0.25, -0.2) is 0 Å². The van der Waals surface area contributed by atoms with E-state index in [-0.39, 0.29) is 17.5 Å². The van der Waals surface area contributed by atoms with Gasteiger partial charge in [-0.2, -0.15) is 0 Å². The van der Waals surface area contributed by atoms with E-state index in [1.165, 1.54) is 18.1 Å². The average molecular weight is 644 g/mol. The summed E-state index contributed by atoms with van der Waals surface area (Å²) in [5, 5.41) is 4.29. The predicted octanol–water partition coefficient (Wildman–Crippen LogP) is 7.98. The van der Waals surface area contributed by atoms with Gasteiger partial charge in [-0.05, 0) is 109 Å². The molecular weight excluding hydrogens is 594 g/mol. The van der Waals surface area contributed by atoms with E-state index in [1.54, 1.807) is 4.57 Å². The van der Waals surface area contributed by atoms with E-state index >= 15 is 0 Å². The Hall–Kier alpha value is -4.49. The van der Waals surface area contributed by atoms with Gasteiger partial charge in [0.25, 0.3) is 11.8 Å². The Balaban J connectivity index is 1.39. The Labute approximate surface area is 286 Å². The fraction of sp³-hybridized carbons (Fsp3) is 0.390. The van der Waals surface area contributed by atoms with Gasteiger partial charge in [0, 0.05) is 84.4 Å². The number of nitrogens with one attached hydrogen (secondary N) is 1. The highest BCUT2D eigenvalue weighted by Gasteiger charge is 2.43. The molecule has 2 aromatic carbocycles. The predicted molar refractivity (Wildman–Crippen MR) is 195 cm³/mol. The van der Waals surface area contributed by atoms with Gasteiger partial charge in [0.2, 0.25) is 0 Å². The van der Waals surface area contributed by atoms with Crippen molar-refractivity contribution >= 4 is 44.8 Å². The van der Waals surface area contributed by atoms with Gasteiger partial charge in [-0.15, -0.1) is 0 Å². The molecule has 48 heavy (non-hydrogen) atoms. The summed E-state index contributed by atoms with van der Waals surface area (Å²) in [6, 6.07) is 16.3. The lowest BCUT2D eigenvalue weighted by atomic mass is 9.76.